The van der Waals surface area contributed by atoms with E-state index in [0.717, 1.165) is 11.1 Å². The highest BCUT2D eigenvalue weighted by Gasteiger charge is 2.33. The van der Waals surface area contributed by atoms with Crippen molar-refractivity contribution in [1.29, 1.82) is 0 Å². The zero-order chi connectivity index (χ0) is 14.9. The number of amides is 2. The predicted octanol–water partition coefficient (Wildman–Crippen LogP) is 1.86. The molecule has 0 fully saturated rings. The van der Waals surface area contributed by atoms with Crippen LogP contribution in [0.1, 0.15) is 17.3 Å². The lowest BCUT2D eigenvalue weighted by Crippen LogP contribution is -2.47. The number of benzene rings is 1. The summed E-state index contributed by atoms with van der Waals surface area (Å²) in [6.45, 7) is 5.12. The number of rotatable bonds is 3. The van der Waals surface area contributed by atoms with Crippen molar-refractivity contribution >= 4 is 35.4 Å². The van der Waals surface area contributed by atoms with E-state index in [1.165, 1.54) is 19.1 Å². The molecule has 1 heterocycles. The molecule has 1 unspecified atom stereocenters. The van der Waals surface area contributed by atoms with E-state index in [1.54, 1.807) is 12.1 Å². The highest BCUT2D eigenvalue weighted by atomic mass is 35.5. The first-order chi connectivity index (χ1) is 9.41. The fourth-order valence-electron chi connectivity index (χ4n) is 1.83. The average Bonchev–Trinajstić information content (AvgIpc) is 2.43. The molecule has 1 aromatic carbocycles. The molecule has 0 radical (unpaired) electrons. The lowest BCUT2D eigenvalue weighted by atomic mass is 10.1. The van der Waals surface area contributed by atoms with Gasteiger partial charge in [-0.2, -0.15) is 0 Å². The molecule has 5 nitrogen and oxygen atoms in total. The normalized spacial score (nSPS) is 18.3. The molecule has 0 spiro atoms. The van der Waals surface area contributed by atoms with Crippen LogP contribution in [0.15, 0.2) is 41.5 Å². The number of halogens is 1. The summed E-state index contributed by atoms with van der Waals surface area (Å²) >= 11 is 5.75. The molecule has 20 heavy (non-hydrogen) atoms. The number of hydrogen-bond donors (Lipinski definition) is 0. The molecule has 0 saturated carbocycles. The molecule has 0 aromatic heterocycles. The lowest BCUT2D eigenvalue weighted by molar-refractivity contribution is -0.132. The zero-order valence-electron chi connectivity index (χ0n) is 10.7. The first kappa shape index (κ1) is 14.1. The quantitative estimate of drug-likeness (QED) is 0.630. The summed E-state index contributed by atoms with van der Waals surface area (Å²) in [5.74, 6) is -1.47. The highest BCUT2D eigenvalue weighted by molar-refractivity contribution is 6.33. The second-order valence-corrected chi connectivity index (χ2v) is 4.70. The summed E-state index contributed by atoms with van der Waals surface area (Å²) in [6, 6.07) is 5.36. The summed E-state index contributed by atoms with van der Waals surface area (Å²) in [7, 11) is 0. The maximum atomic E-state index is 12.3. The third kappa shape index (κ3) is 2.53. The van der Waals surface area contributed by atoms with Gasteiger partial charge in [0.25, 0.3) is 11.8 Å². The minimum atomic E-state index is -0.837. The van der Waals surface area contributed by atoms with Gasteiger partial charge in [0.15, 0.2) is 0 Å². The standard InChI is InChI=1S/C14H11ClN2O3/c1-8(13(19)10-3-5-11(15)6-4-10)17-9(2)14(20)16-7-12(17)18/h3-7,9H,1H2,2H3. The number of Topliss-reactive ketones (excluding diaryl/α,β-unsaturated/α-hetero) is 1. The van der Waals surface area contributed by atoms with Crippen molar-refractivity contribution in [2.75, 3.05) is 0 Å². The number of aliphatic imine (C=N–C) groups is 1. The molecule has 102 valence electrons. The van der Waals surface area contributed by atoms with Crippen LogP contribution >= 0.6 is 11.6 Å². The number of allylic oxidation sites excluding steroid dienone is 1. The SMILES string of the molecule is C=C(C(=O)c1ccc(Cl)cc1)N1C(=O)C=NC(=O)C1C. The summed E-state index contributed by atoms with van der Waals surface area (Å²) < 4.78 is 0. The van der Waals surface area contributed by atoms with Gasteiger partial charge in [0, 0.05) is 10.6 Å². The number of nitrogens with zero attached hydrogens (tertiary/aromatic N) is 2. The lowest BCUT2D eigenvalue weighted by Gasteiger charge is -2.29. The average molecular weight is 291 g/mol. The van der Waals surface area contributed by atoms with E-state index in [1.807, 2.05) is 0 Å². The van der Waals surface area contributed by atoms with Gasteiger partial charge < -0.3 is 0 Å². The van der Waals surface area contributed by atoms with E-state index in [0.29, 0.717) is 10.6 Å². The zero-order valence-corrected chi connectivity index (χ0v) is 11.4. The van der Waals surface area contributed by atoms with E-state index in [-0.39, 0.29) is 5.70 Å². The van der Waals surface area contributed by atoms with Crippen molar-refractivity contribution in [3.63, 3.8) is 0 Å². The molecular formula is C14H11ClN2O3. The molecule has 0 N–H and O–H groups in total. The Kier molecular flexibility index (Phi) is 3.81. The van der Waals surface area contributed by atoms with E-state index in [2.05, 4.69) is 11.6 Å². The molecule has 0 bridgehead atoms. The molecule has 0 saturated heterocycles. The van der Waals surface area contributed by atoms with E-state index < -0.39 is 23.6 Å². The summed E-state index contributed by atoms with van der Waals surface area (Å²) in [5.41, 5.74) is 0.277. The minimum Gasteiger partial charge on any atom is -0.292 e. The number of carbonyl (C=O) groups excluding carboxylic acids is 3. The Hall–Kier alpha value is -2.27. The van der Waals surface area contributed by atoms with Gasteiger partial charge in [-0.3, -0.25) is 19.3 Å². The van der Waals surface area contributed by atoms with Gasteiger partial charge in [0.2, 0.25) is 5.78 Å². The van der Waals surface area contributed by atoms with Crippen LogP contribution in [-0.4, -0.2) is 34.8 Å². The fraction of sp³-hybridized carbons (Fsp3) is 0.143. The maximum absolute atomic E-state index is 12.3. The highest BCUT2D eigenvalue weighted by Crippen LogP contribution is 2.18. The smallest absolute Gasteiger partial charge is 0.270 e. The molecular weight excluding hydrogens is 280 g/mol. The molecule has 1 atom stereocenters. The Balaban J connectivity index is 2.29. The Morgan fingerprint density at radius 2 is 1.90 bits per heavy atom. The summed E-state index contributed by atoms with van der Waals surface area (Å²) in [6.07, 6.45) is 0.892. The molecule has 6 heteroatoms. The Morgan fingerprint density at radius 1 is 1.30 bits per heavy atom. The van der Waals surface area contributed by atoms with E-state index in [9.17, 15) is 14.4 Å². The van der Waals surface area contributed by atoms with Gasteiger partial charge in [-0.05, 0) is 31.2 Å². The Bertz CT molecular complexity index is 634. The second-order valence-electron chi connectivity index (χ2n) is 4.26. The van der Waals surface area contributed by atoms with E-state index >= 15 is 0 Å². The molecule has 2 amide bonds. The summed E-state index contributed by atoms with van der Waals surface area (Å²) in [4.78, 5) is 40.0. The van der Waals surface area contributed by atoms with Crippen molar-refractivity contribution in [3.05, 3.63) is 47.1 Å². The van der Waals surface area contributed by atoms with Gasteiger partial charge in [-0.1, -0.05) is 18.2 Å². The molecule has 0 aliphatic carbocycles. The Morgan fingerprint density at radius 3 is 2.50 bits per heavy atom. The van der Waals surface area contributed by atoms with E-state index in [4.69, 9.17) is 11.6 Å². The monoisotopic (exact) mass is 290 g/mol. The van der Waals surface area contributed by atoms with Crippen LogP contribution in [0.4, 0.5) is 0 Å². The van der Waals surface area contributed by atoms with Crippen LogP contribution in [0.5, 0.6) is 0 Å². The van der Waals surface area contributed by atoms with Gasteiger partial charge in [0.1, 0.15) is 6.04 Å². The molecule has 1 aliphatic rings. The van der Waals surface area contributed by atoms with Gasteiger partial charge in [-0.15, -0.1) is 0 Å². The van der Waals surface area contributed by atoms with Crippen molar-refractivity contribution in [2.45, 2.75) is 13.0 Å². The van der Waals surface area contributed by atoms with Crippen molar-refractivity contribution in [1.82, 2.24) is 4.90 Å². The number of carbonyl (C=O) groups is 3. The van der Waals surface area contributed by atoms with Crippen LogP contribution in [0.25, 0.3) is 0 Å². The fourth-order valence-corrected chi connectivity index (χ4v) is 1.96. The van der Waals surface area contributed by atoms with Crippen LogP contribution < -0.4 is 0 Å². The second kappa shape index (κ2) is 5.38. The Labute approximate surface area is 120 Å². The van der Waals surface area contributed by atoms with Crippen molar-refractivity contribution < 1.29 is 14.4 Å². The number of hydrogen-bond acceptors (Lipinski definition) is 3. The third-order valence-electron chi connectivity index (χ3n) is 2.94. The van der Waals surface area contributed by atoms with Gasteiger partial charge in [0.05, 0.1) is 11.9 Å². The van der Waals surface area contributed by atoms with Crippen LogP contribution in [0, 0.1) is 0 Å². The van der Waals surface area contributed by atoms with Crippen LogP contribution in [-0.2, 0) is 9.59 Å². The van der Waals surface area contributed by atoms with Gasteiger partial charge in [-0.25, -0.2) is 4.99 Å². The topological polar surface area (TPSA) is 66.8 Å². The first-order valence-corrected chi connectivity index (χ1v) is 6.20. The predicted molar refractivity (Wildman–Crippen MR) is 74.7 cm³/mol. The van der Waals surface area contributed by atoms with Gasteiger partial charge >= 0.3 is 0 Å². The maximum Gasteiger partial charge on any atom is 0.270 e. The largest absolute Gasteiger partial charge is 0.292 e. The molecule has 1 aromatic rings. The van der Waals surface area contributed by atoms with Crippen molar-refractivity contribution in [2.24, 2.45) is 4.99 Å². The van der Waals surface area contributed by atoms with Crippen LogP contribution in [0.2, 0.25) is 5.02 Å². The molecule has 1 aliphatic heterocycles. The molecule has 2 rings (SSSR count). The summed E-state index contributed by atoms with van der Waals surface area (Å²) in [5, 5.41) is 0.497. The van der Waals surface area contributed by atoms with Crippen molar-refractivity contribution in [3.8, 4) is 0 Å². The van der Waals surface area contributed by atoms with Crippen LogP contribution in [0.3, 0.4) is 0 Å². The minimum absolute atomic E-state index is 0.0654. The first-order valence-electron chi connectivity index (χ1n) is 5.82. The number of ketones is 1. The third-order valence-corrected chi connectivity index (χ3v) is 3.20.